The first-order valence-electron chi connectivity index (χ1n) is 5.20. The molecule has 2 heterocycles. The van der Waals surface area contributed by atoms with E-state index in [4.69, 9.17) is 5.73 Å². The fraction of sp³-hybridized carbons (Fsp3) is 0.273. The van der Waals surface area contributed by atoms with Crippen LogP contribution in [0.2, 0.25) is 0 Å². The number of nitrogens with zero attached hydrogens (tertiary/aromatic N) is 1. The summed E-state index contributed by atoms with van der Waals surface area (Å²) in [5.74, 6) is 0.196. The largest absolute Gasteiger partial charge is 0.385 e. The fourth-order valence-electron chi connectivity index (χ4n) is 1.82. The maximum Gasteiger partial charge on any atom is 0.330 e. The van der Waals surface area contributed by atoms with E-state index >= 15 is 0 Å². The third-order valence-electron chi connectivity index (χ3n) is 2.56. The molecular weight excluding hydrogens is 238 g/mol. The van der Waals surface area contributed by atoms with E-state index in [0.717, 1.165) is 5.56 Å². The van der Waals surface area contributed by atoms with Crippen LogP contribution in [0.4, 0.5) is 5.82 Å². The lowest BCUT2D eigenvalue weighted by molar-refractivity contribution is 0.522. The predicted molar refractivity (Wildman–Crippen MR) is 68.5 cm³/mol. The lowest BCUT2D eigenvalue weighted by Crippen LogP contribution is -2.33. The van der Waals surface area contributed by atoms with Crippen LogP contribution in [-0.4, -0.2) is 9.55 Å². The van der Waals surface area contributed by atoms with Crippen LogP contribution in [-0.2, 0) is 6.42 Å². The zero-order chi connectivity index (χ0) is 12.4. The first-order chi connectivity index (χ1) is 8.08. The van der Waals surface area contributed by atoms with Crippen molar-refractivity contribution in [3.8, 4) is 0 Å². The third-order valence-corrected chi connectivity index (χ3v) is 3.29. The molecule has 0 saturated carbocycles. The van der Waals surface area contributed by atoms with E-state index in [9.17, 15) is 9.59 Å². The second-order valence-electron chi connectivity index (χ2n) is 3.92. The minimum absolute atomic E-state index is 0.0889. The van der Waals surface area contributed by atoms with Gasteiger partial charge >= 0.3 is 5.69 Å². The van der Waals surface area contributed by atoms with Crippen molar-refractivity contribution in [2.45, 2.75) is 19.4 Å². The van der Waals surface area contributed by atoms with Crippen LogP contribution in [0.15, 0.2) is 32.5 Å². The first-order valence-corrected chi connectivity index (χ1v) is 6.14. The van der Waals surface area contributed by atoms with Gasteiger partial charge in [-0.3, -0.25) is 14.3 Å². The zero-order valence-corrected chi connectivity index (χ0v) is 10.2. The van der Waals surface area contributed by atoms with E-state index in [1.54, 1.807) is 11.3 Å². The number of rotatable bonds is 3. The molecular formula is C11H13N3O2S. The first kappa shape index (κ1) is 11.7. The molecule has 90 valence electrons. The Bertz CT molecular complexity index is 612. The minimum Gasteiger partial charge on any atom is -0.385 e. The smallest absolute Gasteiger partial charge is 0.330 e. The van der Waals surface area contributed by atoms with Gasteiger partial charge in [0.05, 0.1) is 0 Å². The predicted octanol–water partition coefficient (Wildman–Crippen LogP) is 0.984. The molecule has 5 nitrogen and oxygen atoms in total. The Morgan fingerprint density at radius 2 is 2.29 bits per heavy atom. The van der Waals surface area contributed by atoms with E-state index in [0.29, 0.717) is 6.42 Å². The molecule has 0 aromatic carbocycles. The molecule has 0 aliphatic carbocycles. The van der Waals surface area contributed by atoms with E-state index in [-0.39, 0.29) is 11.9 Å². The van der Waals surface area contributed by atoms with Gasteiger partial charge in [0.1, 0.15) is 5.82 Å². The van der Waals surface area contributed by atoms with Gasteiger partial charge in [-0.05, 0) is 35.7 Å². The Hall–Kier alpha value is -1.82. The summed E-state index contributed by atoms with van der Waals surface area (Å²) in [7, 11) is 0. The topological polar surface area (TPSA) is 80.9 Å². The normalized spacial score (nSPS) is 12.5. The van der Waals surface area contributed by atoms with E-state index in [2.05, 4.69) is 4.98 Å². The van der Waals surface area contributed by atoms with Crippen molar-refractivity contribution in [2.75, 3.05) is 5.73 Å². The number of anilines is 1. The summed E-state index contributed by atoms with van der Waals surface area (Å²) in [5.41, 5.74) is 5.92. The van der Waals surface area contributed by atoms with Gasteiger partial charge in [-0.25, -0.2) is 4.79 Å². The molecule has 0 saturated heterocycles. The fourth-order valence-corrected chi connectivity index (χ4v) is 2.50. The van der Waals surface area contributed by atoms with Gasteiger partial charge in [-0.15, -0.1) is 0 Å². The molecule has 0 spiro atoms. The van der Waals surface area contributed by atoms with E-state index < -0.39 is 11.2 Å². The molecule has 17 heavy (non-hydrogen) atoms. The molecule has 1 unspecified atom stereocenters. The van der Waals surface area contributed by atoms with Crippen LogP contribution < -0.4 is 17.0 Å². The van der Waals surface area contributed by atoms with Crippen LogP contribution in [0, 0.1) is 0 Å². The van der Waals surface area contributed by atoms with Crippen LogP contribution in [0.1, 0.15) is 18.5 Å². The highest BCUT2D eigenvalue weighted by molar-refractivity contribution is 7.07. The summed E-state index contributed by atoms with van der Waals surface area (Å²) < 4.78 is 1.40. The van der Waals surface area contributed by atoms with Crippen LogP contribution in [0.5, 0.6) is 0 Å². The average Bonchev–Trinajstić information content (AvgIpc) is 2.68. The average molecular weight is 251 g/mol. The van der Waals surface area contributed by atoms with Gasteiger partial charge in [-0.1, -0.05) is 0 Å². The SMILES string of the molecule is CC(Cc1ccsc1)n1c(N)cc(=O)[nH]c1=O. The summed E-state index contributed by atoms with van der Waals surface area (Å²) in [4.78, 5) is 24.9. The second kappa shape index (κ2) is 4.58. The molecule has 0 radical (unpaired) electrons. The number of aromatic nitrogens is 2. The van der Waals surface area contributed by atoms with Gasteiger partial charge in [0, 0.05) is 12.1 Å². The molecule has 3 N–H and O–H groups in total. The van der Waals surface area contributed by atoms with Crippen molar-refractivity contribution in [1.29, 1.82) is 0 Å². The van der Waals surface area contributed by atoms with Crippen LogP contribution in [0.3, 0.4) is 0 Å². The van der Waals surface area contributed by atoms with E-state index in [1.165, 1.54) is 10.6 Å². The van der Waals surface area contributed by atoms with Crippen LogP contribution >= 0.6 is 11.3 Å². The summed E-state index contributed by atoms with van der Waals surface area (Å²) in [5, 5.41) is 4.02. The monoisotopic (exact) mass is 251 g/mol. The number of hydrogen-bond acceptors (Lipinski definition) is 4. The van der Waals surface area contributed by atoms with Gasteiger partial charge in [0.25, 0.3) is 5.56 Å². The highest BCUT2D eigenvalue weighted by Gasteiger charge is 2.11. The molecule has 0 aliphatic heterocycles. The van der Waals surface area contributed by atoms with Gasteiger partial charge in [0.2, 0.25) is 0 Å². The van der Waals surface area contributed by atoms with Gasteiger partial charge < -0.3 is 5.73 Å². The molecule has 2 aromatic rings. The zero-order valence-electron chi connectivity index (χ0n) is 9.34. The molecule has 0 aliphatic rings. The maximum absolute atomic E-state index is 11.7. The van der Waals surface area contributed by atoms with Crippen LogP contribution in [0.25, 0.3) is 0 Å². The van der Waals surface area contributed by atoms with Crippen molar-refractivity contribution in [3.63, 3.8) is 0 Å². The Morgan fingerprint density at radius 3 is 2.88 bits per heavy atom. The number of nitrogens with two attached hydrogens (primary N) is 1. The molecule has 0 fully saturated rings. The molecule has 2 rings (SSSR count). The Kier molecular flexibility index (Phi) is 3.14. The highest BCUT2D eigenvalue weighted by Crippen LogP contribution is 2.16. The molecule has 1 atom stereocenters. The lowest BCUT2D eigenvalue weighted by atomic mass is 10.1. The number of H-pyrrole nitrogens is 1. The molecule has 0 amide bonds. The molecule has 0 bridgehead atoms. The number of thiophene rings is 1. The van der Waals surface area contributed by atoms with Crippen molar-refractivity contribution < 1.29 is 0 Å². The third kappa shape index (κ3) is 2.47. The minimum atomic E-state index is -0.466. The number of nitrogen functional groups attached to an aromatic ring is 1. The van der Waals surface area contributed by atoms with Crippen molar-refractivity contribution in [2.24, 2.45) is 0 Å². The van der Waals surface area contributed by atoms with Gasteiger partial charge in [-0.2, -0.15) is 11.3 Å². The number of hydrogen-bond donors (Lipinski definition) is 2. The molecule has 6 heteroatoms. The summed E-state index contributed by atoms with van der Waals surface area (Å²) in [6.07, 6.45) is 0.708. The maximum atomic E-state index is 11.7. The van der Waals surface area contributed by atoms with Gasteiger partial charge in [0.15, 0.2) is 0 Å². The lowest BCUT2D eigenvalue weighted by Gasteiger charge is -2.16. The number of aromatic amines is 1. The number of nitrogens with one attached hydrogen (secondary N) is 1. The van der Waals surface area contributed by atoms with Crippen molar-refractivity contribution >= 4 is 17.2 Å². The van der Waals surface area contributed by atoms with E-state index in [1.807, 2.05) is 23.8 Å². The summed E-state index contributed by atoms with van der Waals surface area (Å²) in [6.45, 7) is 1.90. The summed E-state index contributed by atoms with van der Waals surface area (Å²) in [6, 6.07) is 3.15. The summed E-state index contributed by atoms with van der Waals surface area (Å²) >= 11 is 1.61. The highest BCUT2D eigenvalue weighted by atomic mass is 32.1. The quantitative estimate of drug-likeness (QED) is 0.853. The Labute approximate surface area is 102 Å². The van der Waals surface area contributed by atoms with Crippen molar-refractivity contribution in [3.05, 3.63) is 49.3 Å². The molecule has 2 aromatic heterocycles. The van der Waals surface area contributed by atoms with Crippen molar-refractivity contribution in [1.82, 2.24) is 9.55 Å². The standard InChI is InChI=1S/C11H13N3O2S/c1-7(4-8-2-3-17-6-8)14-9(12)5-10(15)13-11(14)16/h2-3,5-7H,4,12H2,1H3,(H,13,15,16). The second-order valence-corrected chi connectivity index (χ2v) is 4.70. The Balaban J connectivity index is 2.34. The Morgan fingerprint density at radius 1 is 1.53 bits per heavy atom.